The third-order valence-corrected chi connectivity index (χ3v) is 7.05. The molecule has 164 valence electrons. The first kappa shape index (κ1) is 21.6. The summed E-state index contributed by atoms with van der Waals surface area (Å²) in [7, 11) is -0.759. The quantitative estimate of drug-likeness (QED) is 0.422. The van der Waals surface area contributed by atoms with E-state index in [9.17, 15) is 8.42 Å². The third kappa shape index (κ3) is 4.11. The minimum absolute atomic E-state index is 0.00534. The van der Waals surface area contributed by atoms with Crippen LogP contribution in [0.1, 0.15) is 11.1 Å². The fraction of sp³-hybridized carbons (Fsp3) is 0.160. The Labute approximate surface area is 186 Å². The van der Waals surface area contributed by atoms with Crippen LogP contribution in [0.15, 0.2) is 85.9 Å². The van der Waals surface area contributed by atoms with E-state index in [1.54, 1.807) is 80.9 Å². The highest BCUT2D eigenvalue weighted by Gasteiger charge is 2.23. The van der Waals surface area contributed by atoms with Gasteiger partial charge in [-0.3, -0.25) is 0 Å². The molecule has 0 unspecified atom stereocenters. The summed E-state index contributed by atoms with van der Waals surface area (Å²) in [5, 5.41) is 0.627. The molecule has 4 rings (SSSR count). The van der Waals surface area contributed by atoms with Crippen LogP contribution in [0.2, 0.25) is 0 Å². The molecule has 0 aliphatic rings. The summed E-state index contributed by atoms with van der Waals surface area (Å²) in [6, 6.07) is 18.8. The van der Waals surface area contributed by atoms with Crippen molar-refractivity contribution < 1.29 is 22.3 Å². The van der Waals surface area contributed by atoms with Gasteiger partial charge in [0, 0.05) is 11.5 Å². The molecule has 32 heavy (non-hydrogen) atoms. The first-order chi connectivity index (χ1) is 15.3. The Balaban J connectivity index is 1.99. The first-order valence-corrected chi connectivity index (χ1v) is 11.4. The Hall–Kier alpha value is -3.58. The molecule has 0 bridgehead atoms. The summed E-state index contributed by atoms with van der Waals surface area (Å²) in [6.07, 6.45) is 0. The van der Waals surface area contributed by atoms with Crippen LogP contribution >= 0.6 is 0 Å². The summed E-state index contributed by atoms with van der Waals surface area (Å²) in [5.41, 5.74) is 2.91. The molecule has 1 heterocycles. The van der Waals surface area contributed by atoms with Crippen molar-refractivity contribution in [1.82, 2.24) is 0 Å². The fourth-order valence-electron chi connectivity index (χ4n) is 3.26. The van der Waals surface area contributed by atoms with Crippen LogP contribution in [-0.2, 0) is 9.84 Å². The van der Waals surface area contributed by atoms with E-state index >= 15 is 0 Å². The molecule has 1 aromatic heterocycles. The van der Waals surface area contributed by atoms with Crippen LogP contribution in [0.4, 0.5) is 5.69 Å². The Morgan fingerprint density at radius 1 is 0.781 bits per heavy atom. The van der Waals surface area contributed by atoms with Crippen molar-refractivity contribution in [1.29, 1.82) is 0 Å². The minimum Gasteiger partial charge on any atom is -0.497 e. The van der Waals surface area contributed by atoms with Gasteiger partial charge in [-0.05, 0) is 79.6 Å². The number of nitrogens with zero attached hydrogens (tertiary/aromatic N) is 1. The smallest absolute Gasteiger partial charge is 0.239 e. The van der Waals surface area contributed by atoms with E-state index in [1.165, 1.54) is 0 Å². The summed E-state index contributed by atoms with van der Waals surface area (Å²) in [6.45, 7) is 3.82. The SMILES string of the molecule is COc1ccc(N=c2oc3cc(OC)ccc3cc2S(=O)(=O)c2ccc(C)c(C)c2)cc1. The zero-order valence-electron chi connectivity index (χ0n) is 18.2. The van der Waals surface area contributed by atoms with Gasteiger partial charge < -0.3 is 13.9 Å². The van der Waals surface area contributed by atoms with Crippen molar-refractivity contribution >= 4 is 26.5 Å². The Bertz CT molecular complexity index is 1470. The van der Waals surface area contributed by atoms with Crippen molar-refractivity contribution in [3.63, 3.8) is 0 Å². The number of fused-ring (bicyclic) bond motifs is 1. The van der Waals surface area contributed by atoms with Crippen molar-refractivity contribution in [2.45, 2.75) is 23.6 Å². The molecule has 0 amide bonds. The monoisotopic (exact) mass is 449 g/mol. The number of hydrogen-bond acceptors (Lipinski definition) is 6. The second kappa shape index (κ2) is 8.51. The molecular formula is C25H23NO5S. The van der Waals surface area contributed by atoms with Gasteiger partial charge in [-0.2, -0.15) is 0 Å². The van der Waals surface area contributed by atoms with Crippen molar-refractivity contribution in [3.8, 4) is 11.5 Å². The number of hydrogen-bond donors (Lipinski definition) is 0. The average molecular weight is 450 g/mol. The lowest BCUT2D eigenvalue weighted by Crippen LogP contribution is -2.16. The number of sulfone groups is 1. The topological polar surface area (TPSA) is 78.1 Å². The highest BCUT2D eigenvalue weighted by atomic mass is 32.2. The molecule has 0 aliphatic heterocycles. The van der Waals surface area contributed by atoms with Crippen LogP contribution in [0.25, 0.3) is 11.0 Å². The van der Waals surface area contributed by atoms with Crippen molar-refractivity contribution in [2.75, 3.05) is 14.2 Å². The van der Waals surface area contributed by atoms with Gasteiger partial charge in [0.25, 0.3) is 0 Å². The van der Waals surface area contributed by atoms with Gasteiger partial charge in [-0.1, -0.05) is 6.07 Å². The maximum Gasteiger partial charge on any atom is 0.239 e. The van der Waals surface area contributed by atoms with E-state index in [1.807, 2.05) is 13.8 Å². The lowest BCUT2D eigenvalue weighted by molar-refractivity contribution is 0.413. The normalized spacial score (nSPS) is 12.2. The maximum absolute atomic E-state index is 13.6. The van der Waals surface area contributed by atoms with Gasteiger partial charge in [0.05, 0.1) is 24.8 Å². The van der Waals surface area contributed by atoms with E-state index < -0.39 is 9.84 Å². The van der Waals surface area contributed by atoms with Crippen LogP contribution in [0.5, 0.6) is 11.5 Å². The van der Waals surface area contributed by atoms with E-state index in [-0.39, 0.29) is 15.3 Å². The van der Waals surface area contributed by atoms with Gasteiger partial charge in [-0.15, -0.1) is 0 Å². The second-order valence-electron chi connectivity index (χ2n) is 7.38. The summed E-state index contributed by atoms with van der Waals surface area (Å²) < 4.78 is 43.7. The van der Waals surface area contributed by atoms with E-state index in [4.69, 9.17) is 13.9 Å². The highest BCUT2D eigenvalue weighted by Crippen LogP contribution is 2.26. The predicted octanol–water partition coefficient (Wildman–Crippen LogP) is 5.13. The van der Waals surface area contributed by atoms with E-state index in [2.05, 4.69) is 4.99 Å². The van der Waals surface area contributed by atoms with Crippen LogP contribution < -0.4 is 15.0 Å². The first-order valence-electron chi connectivity index (χ1n) is 9.95. The van der Waals surface area contributed by atoms with Crippen molar-refractivity contribution in [2.24, 2.45) is 4.99 Å². The lowest BCUT2D eigenvalue weighted by Gasteiger charge is -2.09. The molecule has 0 saturated heterocycles. The molecule has 0 saturated carbocycles. The number of rotatable bonds is 5. The zero-order chi connectivity index (χ0) is 22.9. The Morgan fingerprint density at radius 2 is 1.47 bits per heavy atom. The van der Waals surface area contributed by atoms with Gasteiger partial charge in [-0.25, -0.2) is 13.4 Å². The predicted molar refractivity (Wildman–Crippen MR) is 122 cm³/mol. The molecule has 0 radical (unpaired) electrons. The Morgan fingerprint density at radius 3 is 2.12 bits per heavy atom. The number of methoxy groups -OCH3 is 2. The largest absolute Gasteiger partial charge is 0.497 e. The van der Waals surface area contributed by atoms with Crippen LogP contribution in [0, 0.1) is 13.8 Å². The summed E-state index contributed by atoms with van der Waals surface area (Å²) >= 11 is 0. The molecule has 0 spiro atoms. The summed E-state index contributed by atoms with van der Waals surface area (Å²) in [4.78, 5) is 4.70. The lowest BCUT2D eigenvalue weighted by atomic mass is 10.1. The molecule has 0 atom stereocenters. The van der Waals surface area contributed by atoms with E-state index in [0.29, 0.717) is 28.2 Å². The fourth-order valence-corrected chi connectivity index (χ4v) is 4.69. The zero-order valence-corrected chi connectivity index (χ0v) is 19.1. The van der Waals surface area contributed by atoms with Gasteiger partial charge >= 0.3 is 0 Å². The molecule has 0 N–H and O–H groups in total. The van der Waals surface area contributed by atoms with Crippen molar-refractivity contribution in [3.05, 3.63) is 83.4 Å². The maximum atomic E-state index is 13.6. The molecule has 0 aliphatic carbocycles. The number of aryl methyl sites for hydroxylation is 2. The Kier molecular flexibility index (Phi) is 5.76. The molecule has 3 aromatic carbocycles. The highest BCUT2D eigenvalue weighted by molar-refractivity contribution is 7.91. The number of ether oxygens (including phenoxy) is 2. The van der Waals surface area contributed by atoms with Gasteiger partial charge in [0.2, 0.25) is 15.4 Å². The summed E-state index contributed by atoms with van der Waals surface area (Å²) in [5.74, 6) is 1.27. The minimum atomic E-state index is -3.89. The number of benzene rings is 3. The van der Waals surface area contributed by atoms with Crippen LogP contribution in [-0.4, -0.2) is 22.6 Å². The van der Waals surface area contributed by atoms with Gasteiger partial charge in [0.1, 0.15) is 22.0 Å². The van der Waals surface area contributed by atoms with Gasteiger partial charge in [0.15, 0.2) is 0 Å². The van der Waals surface area contributed by atoms with E-state index in [0.717, 1.165) is 11.1 Å². The second-order valence-corrected chi connectivity index (χ2v) is 9.30. The standard InChI is InChI=1S/C25H23NO5S/c1-16-5-12-22(13-17(16)2)32(27,28)24-14-18-6-9-21(30-4)15-23(18)31-25(24)26-19-7-10-20(29-3)11-8-19/h5-15H,1-4H3. The van der Waals surface area contributed by atoms with Crippen LogP contribution in [0.3, 0.4) is 0 Å². The molecular weight excluding hydrogens is 426 g/mol. The molecule has 0 fully saturated rings. The molecule has 4 aromatic rings. The molecule has 7 heteroatoms. The average Bonchev–Trinajstić information content (AvgIpc) is 2.80. The third-order valence-electron chi connectivity index (χ3n) is 5.31. The molecule has 6 nitrogen and oxygen atoms in total.